The number of amides is 1. The van der Waals surface area contributed by atoms with E-state index in [9.17, 15) is 4.79 Å². The van der Waals surface area contributed by atoms with Gasteiger partial charge < -0.3 is 5.73 Å². The molecule has 6 heteroatoms. The van der Waals surface area contributed by atoms with Crippen molar-refractivity contribution in [2.45, 2.75) is 6.92 Å². The lowest BCUT2D eigenvalue weighted by Crippen LogP contribution is -2.17. The van der Waals surface area contributed by atoms with Crippen molar-refractivity contribution in [3.8, 4) is 16.9 Å². The molecule has 0 aliphatic heterocycles. The number of nitrogens with zero attached hydrogens (tertiary/aromatic N) is 3. The molecule has 0 unspecified atom stereocenters. The predicted molar refractivity (Wildman–Crippen MR) is 120 cm³/mol. The van der Waals surface area contributed by atoms with Crippen molar-refractivity contribution in [1.82, 2.24) is 15.2 Å². The third-order valence-electron chi connectivity index (χ3n) is 4.60. The van der Waals surface area contributed by atoms with Crippen LogP contribution in [0.5, 0.6) is 0 Å². The first kappa shape index (κ1) is 19.1. The summed E-state index contributed by atoms with van der Waals surface area (Å²) in [5, 5.41) is 8.90. The van der Waals surface area contributed by atoms with Crippen LogP contribution in [0.15, 0.2) is 90.2 Å². The lowest BCUT2D eigenvalue weighted by Gasteiger charge is -2.02. The van der Waals surface area contributed by atoms with Crippen molar-refractivity contribution in [2.24, 2.45) is 5.10 Å². The molecule has 4 rings (SSSR count). The molecule has 0 saturated carbocycles. The number of anilines is 1. The summed E-state index contributed by atoms with van der Waals surface area (Å²) in [5.41, 5.74) is 14.0. The Bertz CT molecular complexity index is 1190. The van der Waals surface area contributed by atoms with E-state index >= 15 is 0 Å². The Morgan fingerprint density at radius 1 is 1.03 bits per heavy atom. The standard InChI is InChI=1S/C24H21N5O/c1-17-6-5-7-19(14-17)23-20(16-29(28-23)22-8-3-2-4-9-22)15-26-27-24(30)18-10-12-21(25)13-11-18/h2-16H,25H2,1H3,(H,27,30)/b26-15-. The van der Waals surface area contributed by atoms with Gasteiger partial charge in [0.2, 0.25) is 0 Å². The summed E-state index contributed by atoms with van der Waals surface area (Å²) in [6, 6.07) is 24.6. The molecule has 0 aliphatic carbocycles. The number of nitrogens with two attached hydrogens (primary N) is 1. The number of benzene rings is 3. The molecule has 148 valence electrons. The van der Waals surface area contributed by atoms with Gasteiger partial charge in [-0.3, -0.25) is 4.79 Å². The van der Waals surface area contributed by atoms with Gasteiger partial charge in [-0.15, -0.1) is 0 Å². The minimum Gasteiger partial charge on any atom is -0.399 e. The third kappa shape index (κ3) is 4.28. The summed E-state index contributed by atoms with van der Waals surface area (Å²) in [6.45, 7) is 2.04. The molecule has 30 heavy (non-hydrogen) atoms. The number of hydrazone groups is 1. The van der Waals surface area contributed by atoms with E-state index in [0.29, 0.717) is 11.3 Å². The van der Waals surface area contributed by atoms with Gasteiger partial charge in [0.25, 0.3) is 5.91 Å². The molecule has 0 bridgehead atoms. The molecule has 3 aromatic carbocycles. The maximum absolute atomic E-state index is 12.3. The molecule has 1 aromatic heterocycles. The molecule has 0 atom stereocenters. The van der Waals surface area contributed by atoms with Crippen LogP contribution in [0.4, 0.5) is 5.69 Å². The number of rotatable bonds is 5. The van der Waals surface area contributed by atoms with Gasteiger partial charge in [-0.25, -0.2) is 10.1 Å². The Kier molecular flexibility index (Phi) is 5.39. The van der Waals surface area contributed by atoms with E-state index in [1.165, 1.54) is 0 Å². The van der Waals surface area contributed by atoms with Crippen LogP contribution in [0.2, 0.25) is 0 Å². The zero-order valence-corrected chi connectivity index (χ0v) is 16.5. The summed E-state index contributed by atoms with van der Waals surface area (Å²) in [5.74, 6) is -0.307. The van der Waals surface area contributed by atoms with E-state index in [4.69, 9.17) is 10.8 Å². The minimum atomic E-state index is -0.307. The molecule has 0 radical (unpaired) electrons. The highest BCUT2D eigenvalue weighted by Gasteiger charge is 2.11. The summed E-state index contributed by atoms with van der Waals surface area (Å²) in [7, 11) is 0. The largest absolute Gasteiger partial charge is 0.399 e. The van der Waals surface area contributed by atoms with Crippen LogP contribution in [0.1, 0.15) is 21.5 Å². The molecule has 0 spiro atoms. The molecule has 1 amide bonds. The van der Waals surface area contributed by atoms with Crippen LogP contribution < -0.4 is 11.2 Å². The first-order chi connectivity index (χ1) is 14.6. The average Bonchev–Trinajstić information content (AvgIpc) is 3.19. The monoisotopic (exact) mass is 395 g/mol. The Labute approximate surface area is 174 Å². The second-order valence-corrected chi connectivity index (χ2v) is 6.90. The Morgan fingerprint density at radius 3 is 2.53 bits per heavy atom. The summed E-state index contributed by atoms with van der Waals surface area (Å²) < 4.78 is 1.81. The molecule has 0 fully saturated rings. The Hall–Kier alpha value is -4.19. The quantitative estimate of drug-likeness (QED) is 0.302. The molecular weight excluding hydrogens is 374 g/mol. The van der Waals surface area contributed by atoms with Gasteiger partial charge in [0.1, 0.15) is 5.69 Å². The number of aryl methyl sites for hydroxylation is 1. The number of hydrogen-bond acceptors (Lipinski definition) is 4. The van der Waals surface area contributed by atoms with Crippen molar-refractivity contribution in [3.63, 3.8) is 0 Å². The highest BCUT2D eigenvalue weighted by atomic mass is 16.2. The highest BCUT2D eigenvalue weighted by Crippen LogP contribution is 2.23. The van der Waals surface area contributed by atoms with E-state index in [1.807, 2.05) is 61.7 Å². The number of para-hydroxylation sites is 1. The summed E-state index contributed by atoms with van der Waals surface area (Å²) >= 11 is 0. The van der Waals surface area contributed by atoms with Gasteiger partial charge in [0, 0.05) is 28.6 Å². The number of carbonyl (C=O) groups is 1. The topological polar surface area (TPSA) is 85.3 Å². The maximum Gasteiger partial charge on any atom is 0.271 e. The first-order valence-corrected chi connectivity index (χ1v) is 9.51. The molecule has 6 nitrogen and oxygen atoms in total. The maximum atomic E-state index is 12.3. The van der Waals surface area contributed by atoms with Crippen molar-refractivity contribution in [2.75, 3.05) is 5.73 Å². The van der Waals surface area contributed by atoms with Gasteiger partial charge in [0.15, 0.2) is 0 Å². The lowest BCUT2D eigenvalue weighted by atomic mass is 10.1. The Morgan fingerprint density at radius 2 is 1.80 bits per heavy atom. The SMILES string of the molecule is Cc1cccc(-c2nn(-c3ccccc3)cc2/C=N\NC(=O)c2ccc(N)cc2)c1. The normalized spacial score (nSPS) is 11.0. The van der Waals surface area contributed by atoms with E-state index in [2.05, 4.69) is 16.6 Å². The van der Waals surface area contributed by atoms with Crippen LogP contribution in [0.3, 0.4) is 0 Å². The van der Waals surface area contributed by atoms with Crippen molar-refractivity contribution in [3.05, 3.63) is 102 Å². The predicted octanol–water partition coefficient (Wildman–Crippen LogP) is 4.19. The summed E-state index contributed by atoms with van der Waals surface area (Å²) in [6.07, 6.45) is 3.51. The van der Waals surface area contributed by atoms with E-state index in [0.717, 1.165) is 28.1 Å². The zero-order valence-electron chi connectivity index (χ0n) is 16.5. The second kappa shape index (κ2) is 8.45. The van der Waals surface area contributed by atoms with Gasteiger partial charge in [-0.2, -0.15) is 10.2 Å². The zero-order chi connectivity index (χ0) is 20.9. The molecule has 4 aromatic rings. The van der Waals surface area contributed by atoms with Crippen molar-refractivity contribution in [1.29, 1.82) is 0 Å². The van der Waals surface area contributed by atoms with Crippen LogP contribution in [0, 0.1) is 6.92 Å². The number of carbonyl (C=O) groups excluding carboxylic acids is 1. The smallest absolute Gasteiger partial charge is 0.271 e. The molecular formula is C24H21N5O. The fourth-order valence-electron chi connectivity index (χ4n) is 3.07. The van der Waals surface area contributed by atoms with Gasteiger partial charge in [0.05, 0.1) is 11.9 Å². The van der Waals surface area contributed by atoms with Crippen LogP contribution >= 0.6 is 0 Å². The van der Waals surface area contributed by atoms with Gasteiger partial charge in [-0.05, 0) is 49.4 Å². The summed E-state index contributed by atoms with van der Waals surface area (Å²) in [4.78, 5) is 12.3. The van der Waals surface area contributed by atoms with Crippen molar-refractivity contribution >= 4 is 17.8 Å². The first-order valence-electron chi connectivity index (χ1n) is 9.51. The number of nitrogens with one attached hydrogen (secondary N) is 1. The molecule has 1 heterocycles. The third-order valence-corrected chi connectivity index (χ3v) is 4.60. The fourth-order valence-corrected chi connectivity index (χ4v) is 3.07. The molecule has 0 saturated heterocycles. The van der Waals surface area contributed by atoms with Crippen LogP contribution in [-0.2, 0) is 0 Å². The Balaban J connectivity index is 1.64. The lowest BCUT2D eigenvalue weighted by molar-refractivity contribution is 0.0955. The fraction of sp³-hybridized carbons (Fsp3) is 0.0417. The van der Waals surface area contributed by atoms with Gasteiger partial charge in [-0.1, -0.05) is 42.0 Å². The van der Waals surface area contributed by atoms with Crippen LogP contribution in [-0.4, -0.2) is 21.9 Å². The van der Waals surface area contributed by atoms with E-state index < -0.39 is 0 Å². The van der Waals surface area contributed by atoms with Crippen LogP contribution in [0.25, 0.3) is 16.9 Å². The van der Waals surface area contributed by atoms with E-state index in [-0.39, 0.29) is 5.91 Å². The second-order valence-electron chi connectivity index (χ2n) is 6.90. The minimum absolute atomic E-state index is 0.307. The van der Waals surface area contributed by atoms with Crippen molar-refractivity contribution < 1.29 is 4.79 Å². The molecule has 0 aliphatic rings. The average molecular weight is 395 g/mol. The highest BCUT2D eigenvalue weighted by molar-refractivity contribution is 5.96. The number of hydrogen-bond donors (Lipinski definition) is 2. The van der Waals surface area contributed by atoms with E-state index in [1.54, 1.807) is 35.2 Å². The van der Waals surface area contributed by atoms with Gasteiger partial charge >= 0.3 is 0 Å². The molecule has 3 N–H and O–H groups in total. The number of aromatic nitrogens is 2. The number of nitrogen functional groups attached to an aromatic ring is 1.